The number of anilines is 1. The summed E-state index contributed by atoms with van der Waals surface area (Å²) in [5, 5.41) is 6.78. The standard InChI is InChI=1S/C20H23N3O3/c1-14-9-11-17(12-10-14)21-18(24)13-15(2)22-23-20(25)19(26-3)16-7-5-4-6-8-16/h4-12,19H,13H2,1-3H3,(H,21,24)(H,23,25)/b22-15-/t19-/m0/s1. The van der Waals surface area contributed by atoms with Crippen LogP contribution in [0.4, 0.5) is 5.69 Å². The molecular weight excluding hydrogens is 330 g/mol. The van der Waals surface area contributed by atoms with Crippen LogP contribution in [-0.2, 0) is 14.3 Å². The van der Waals surface area contributed by atoms with Crippen LogP contribution in [0, 0.1) is 6.92 Å². The molecule has 136 valence electrons. The quantitative estimate of drug-likeness (QED) is 0.592. The van der Waals surface area contributed by atoms with E-state index in [1.165, 1.54) is 7.11 Å². The van der Waals surface area contributed by atoms with Gasteiger partial charge in [-0.15, -0.1) is 0 Å². The molecule has 0 unspecified atom stereocenters. The molecule has 2 amide bonds. The first-order valence-corrected chi connectivity index (χ1v) is 8.27. The molecule has 2 rings (SSSR count). The second kappa shape index (κ2) is 9.48. The summed E-state index contributed by atoms with van der Waals surface area (Å²) in [7, 11) is 1.46. The number of hydrogen-bond donors (Lipinski definition) is 2. The number of benzene rings is 2. The van der Waals surface area contributed by atoms with Crippen molar-refractivity contribution in [3.05, 3.63) is 65.7 Å². The monoisotopic (exact) mass is 353 g/mol. The lowest BCUT2D eigenvalue weighted by Gasteiger charge is -2.14. The van der Waals surface area contributed by atoms with Crippen LogP contribution in [0.15, 0.2) is 59.7 Å². The summed E-state index contributed by atoms with van der Waals surface area (Å²) < 4.78 is 5.24. The van der Waals surface area contributed by atoms with Crippen LogP contribution in [-0.4, -0.2) is 24.6 Å². The van der Waals surface area contributed by atoms with Crippen molar-refractivity contribution in [2.24, 2.45) is 5.10 Å². The zero-order valence-electron chi connectivity index (χ0n) is 15.2. The van der Waals surface area contributed by atoms with Gasteiger partial charge < -0.3 is 10.1 Å². The Morgan fingerprint density at radius 2 is 1.73 bits per heavy atom. The van der Waals surface area contributed by atoms with E-state index in [1.54, 1.807) is 19.1 Å². The summed E-state index contributed by atoms with van der Waals surface area (Å²) >= 11 is 0. The number of nitrogens with one attached hydrogen (secondary N) is 2. The molecule has 0 bridgehead atoms. The van der Waals surface area contributed by atoms with Gasteiger partial charge in [0, 0.05) is 18.5 Å². The van der Waals surface area contributed by atoms with Crippen molar-refractivity contribution < 1.29 is 14.3 Å². The third kappa shape index (κ3) is 5.82. The Labute approximate surface area is 153 Å². The van der Waals surface area contributed by atoms with E-state index in [1.807, 2.05) is 49.4 Å². The molecule has 6 nitrogen and oxygen atoms in total. The molecule has 0 aromatic heterocycles. The summed E-state index contributed by atoms with van der Waals surface area (Å²) in [5.41, 5.74) is 5.52. The zero-order valence-corrected chi connectivity index (χ0v) is 15.2. The van der Waals surface area contributed by atoms with Crippen LogP contribution in [0.5, 0.6) is 0 Å². The highest BCUT2D eigenvalue weighted by Crippen LogP contribution is 2.16. The molecule has 2 N–H and O–H groups in total. The molecule has 0 saturated heterocycles. The molecule has 26 heavy (non-hydrogen) atoms. The highest BCUT2D eigenvalue weighted by molar-refractivity contribution is 6.05. The van der Waals surface area contributed by atoms with Gasteiger partial charge in [0.05, 0.1) is 6.42 Å². The summed E-state index contributed by atoms with van der Waals surface area (Å²) in [5.74, 6) is -0.590. The van der Waals surface area contributed by atoms with Crippen molar-refractivity contribution >= 4 is 23.2 Å². The second-order valence-corrected chi connectivity index (χ2v) is 5.94. The number of nitrogens with zero attached hydrogens (tertiary/aromatic N) is 1. The number of ether oxygens (including phenoxy) is 1. The topological polar surface area (TPSA) is 79.8 Å². The molecule has 6 heteroatoms. The number of rotatable bonds is 7. The summed E-state index contributed by atoms with van der Waals surface area (Å²) in [4.78, 5) is 24.3. The summed E-state index contributed by atoms with van der Waals surface area (Å²) in [6.45, 7) is 3.66. The van der Waals surface area contributed by atoms with E-state index in [9.17, 15) is 9.59 Å². The van der Waals surface area contributed by atoms with Crippen LogP contribution in [0.2, 0.25) is 0 Å². The minimum absolute atomic E-state index is 0.0805. The molecule has 1 atom stereocenters. The first-order chi connectivity index (χ1) is 12.5. The van der Waals surface area contributed by atoms with E-state index in [4.69, 9.17) is 4.74 Å². The van der Waals surface area contributed by atoms with Crippen molar-refractivity contribution in [3.8, 4) is 0 Å². The molecule has 2 aromatic rings. The number of aryl methyl sites for hydroxylation is 1. The third-order valence-corrected chi connectivity index (χ3v) is 3.68. The van der Waals surface area contributed by atoms with Gasteiger partial charge in [-0.1, -0.05) is 48.0 Å². The molecule has 2 aromatic carbocycles. The van der Waals surface area contributed by atoms with Crippen molar-refractivity contribution in [1.82, 2.24) is 5.43 Å². The largest absolute Gasteiger partial charge is 0.367 e. The molecule has 0 radical (unpaired) electrons. The van der Waals surface area contributed by atoms with Crippen molar-refractivity contribution in [3.63, 3.8) is 0 Å². The lowest BCUT2D eigenvalue weighted by molar-refractivity contribution is -0.131. The predicted molar refractivity (Wildman–Crippen MR) is 102 cm³/mol. The maximum atomic E-state index is 12.2. The minimum atomic E-state index is -0.755. The van der Waals surface area contributed by atoms with E-state index in [0.717, 1.165) is 16.8 Å². The molecule has 0 aliphatic rings. The fraction of sp³-hybridized carbons (Fsp3) is 0.250. The molecular formula is C20H23N3O3. The van der Waals surface area contributed by atoms with Gasteiger partial charge in [0.1, 0.15) is 0 Å². The highest BCUT2D eigenvalue weighted by Gasteiger charge is 2.19. The Balaban J connectivity index is 1.89. The first kappa shape index (κ1) is 19.3. The zero-order chi connectivity index (χ0) is 18.9. The van der Waals surface area contributed by atoms with Crippen LogP contribution in [0.1, 0.15) is 30.6 Å². The van der Waals surface area contributed by atoms with Crippen molar-refractivity contribution in [2.45, 2.75) is 26.4 Å². The average molecular weight is 353 g/mol. The Hall–Kier alpha value is -2.99. The van der Waals surface area contributed by atoms with E-state index in [0.29, 0.717) is 5.71 Å². The maximum absolute atomic E-state index is 12.2. The number of carbonyl (C=O) groups excluding carboxylic acids is 2. The highest BCUT2D eigenvalue weighted by atomic mass is 16.5. The molecule has 0 saturated carbocycles. The van der Waals surface area contributed by atoms with Crippen LogP contribution in [0.25, 0.3) is 0 Å². The van der Waals surface area contributed by atoms with Crippen molar-refractivity contribution in [1.29, 1.82) is 0 Å². The number of methoxy groups -OCH3 is 1. The molecule has 0 spiro atoms. The minimum Gasteiger partial charge on any atom is -0.367 e. The fourth-order valence-corrected chi connectivity index (χ4v) is 2.35. The van der Waals surface area contributed by atoms with Gasteiger partial charge in [-0.2, -0.15) is 5.10 Å². The average Bonchev–Trinajstić information content (AvgIpc) is 2.63. The predicted octanol–water partition coefficient (Wildman–Crippen LogP) is 3.20. The molecule has 0 aliphatic carbocycles. The molecule has 0 aliphatic heterocycles. The van der Waals surface area contributed by atoms with E-state index in [-0.39, 0.29) is 12.3 Å². The van der Waals surface area contributed by atoms with Crippen LogP contribution >= 0.6 is 0 Å². The second-order valence-electron chi connectivity index (χ2n) is 5.94. The Morgan fingerprint density at radius 1 is 1.08 bits per heavy atom. The number of carbonyl (C=O) groups is 2. The van der Waals surface area contributed by atoms with Crippen LogP contribution < -0.4 is 10.7 Å². The van der Waals surface area contributed by atoms with Gasteiger partial charge in [-0.25, -0.2) is 5.43 Å². The Kier molecular flexibility index (Phi) is 7.05. The summed E-state index contributed by atoms with van der Waals surface area (Å²) in [6, 6.07) is 16.7. The Morgan fingerprint density at radius 3 is 2.35 bits per heavy atom. The maximum Gasteiger partial charge on any atom is 0.273 e. The van der Waals surface area contributed by atoms with Gasteiger partial charge in [-0.3, -0.25) is 9.59 Å². The molecule has 0 fully saturated rings. The van der Waals surface area contributed by atoms with E-state index >= 15 is 0 Å². The first-order valence-electron chi connectivity index (χ1n) is 8.27. The number of hydrazone groups is 1. The normalized spacial score (nSPS) is 12.3. The van der Waals surface area contributed by atoms with E-state index in [2.05, 4.69) is 15.8 Å². The van der Waals surface area contributed by atoms with E-state index < -0.39 is 12.0 Å². The fourth-order valence-electron chi connectivity index (χ4n) is 2.35. The number of amides is 2. The SMILES string of the molecule is CO[C@H](C(=O)N/N=C(/C)CC(=O)Nc1ccc(C)cc1)c1ccccc1. The van der Waals surface area contributed by atoms with Gasteiger partial charge >= 0.3 is 0 Å². The Bertz CT molecular complexity index is 771. The lowest BCUT2D eigenvalue weighted by Crippen LogP contribution is -2.28. The number of hydrogen-bond acceptors (Lipinski definition) is 4. The lowest BCUT2D eigenvalue weighted by atomic mass is 10.1. The smallest absolute Gasteiger partial charge is 0.273 e. The molecule has 0 heterocycles. The van der Waals surface area contributed by atoms with Gasteiger partial charge in [0.25, 0.3) is 5.91 Å². The van der Waals surface area contributed by atoms with Gasteiger partial charge in [0.15, 0.2) is 6.10 Å². The van der Waals surface area contributed by atoms with Crippen molar-refractivity contribution in [2.75, 3.05) is 12.4 Å². The van der Waals surface area contributed by atoms with Gasteiger partial charge in [0.2, 0.25) is 5.91 Å². The van der Waals surface area contributed by atoms with Gasteiger partial charge in [-0.05, 0) is 31.5 Å². The summed E-state index contributed by atoms with van der Waals surface area (Å²) in [6.07, 6.45) is -0.675. The third-order valence-electron chi connectivity index (χ3n) is 3.68. The van der Waals surface area contributed by atoms with Crippen LogP contribution in [0.3, 0.4) is 0 Å².